The Morgan fingerprint density at radius 2 is 2.16 bits per heavy atom. The second-order valence-electron chi connectivity index (χ2n) is 4.28. The first kappa shape index (κ1) is 13.0. The lowest BCUT2D eigenvalue weighted by atomic mass is 10.1. The average molecular weight is 261 g/mol. The second-order valence-corrected chi connectivity index (χ2v) is 4.28. The standard InChI is InChI=1S/C12H15N5O2/c1-9(2-7-12(18)19)14-10-3-5-11(6-4-10)17-8-13-15-16-17/h3-6,8-9,14H,2,7H2,1H3,(H,18,19). The van der Waals surface area contributed by atoms with Gasteiger partial charge in [0.1, 0.15) is 6.33 Å². The van der Waals surface area contributed by atoms with E-state index in [0.717, 1.165) is 11.4 Å². The molecule has 1 atom stereocenters. The second kappa shape index (κ2) is 5.94. The summed E-state index contributed by atoms with van der Waals surface area (Å²) < 4.78 is 1.57. The van der Waals surface area contributed by atoms with Crippen LogP contribution >= 0.6 is 0 Å². The van der Waals surface area contributed by atoms with Crippen LogP contribution in [0.3, 0.4) is 0 Å². The number of tetrazole rings is 1. The molecule has 1 aromatic heterocycles. The molecule has 1 aromatic carbocycles. The third-order valence-corrected chi connectivity index (χ3v) is 2.69. The summed E-state index contributed by atoms with van der Waals surface area (Å²) in [5.74, 6) is -0.775. The monoisotopic (exact) mass is 261 g/mol. The number of benzene rings is 1. The van der Waals surface area contributed by atoms with Crippen LogP contribution in [0.25, 0.3) is 5.69 Å². The lowest BCUT2D eigenvalue weighted by molar-refractivity contribution is -0.137. The van der Waals surface area contributed by atoms with E-state index < -0.39 is 5.97 Å². The molecule has 0 aliphatic heterocycles. The van der Waals surface area contributed by atoms with Gasteiger partial charge in [-0.3, -0.25) is 4.79 Å². The third-order valence-electron chi connectivity index (χ3n) is 2.69. The van der Waals surface area contributed by atoms with Gasteiger partial charge in [-0.25, -0.2) is 4.68 Å². The molecule has 2 N–H and O–H groups in total. The van der Waals surface area contributed by atoms with Crippen LogP contribution in [0.15, 0.2) is 30.6 Å². The third kappa shape index (κ3) is 3.77. The number of nitrogens with one attached hydrogen (secondary N) is 1. The predicted molar refractivity (Wildman–Crippen MR) is 69.1 cm³/mol. The summed E-state index contributed by atoms with van der Waals surface area (Å²) in [4.78, 5) is 10.5. The van der Waals surface area contributed by atoms with Crippen LogP contribution in [0, 0.1) is 0 Å². The van der Waals surface area contributed by atoms with Gasteiger partial charge < -0.3 is 10.4 Å². The molecule has 7 heteroatoms. The van der Waals surface area contributed by atoms with Crippen molar-refractivity contribution < 1.29 is 9.90 Å². The molecule has 7 nitrogen and oxygen atoms in total. The van der Waals surface area contributed by atoms with E-state index in [9.17, 15) is 4.79 Å². The van der Waals surface area contributed by atoms with Gasteiger partial charge in [0.15, 0.2) is 0 Å². The number of hydrogen-bond donors (Lipinski definition) is 2. The molecule has 0 aliphatic carbocycles. The summed E-state index contributed by atoms with van der Waals surface area (Å²) >= 11 is 0. The highest BCUT2D eigenvalue weighted by Crippen LogP contribution is 2.14. The van der Waals surface area contributed by atoms with Gasteiger partial charge >= 0.3 is 5.97 Å². The predicted octanol–water partition coefficient (Wildman–Crippen LogP) is 1.33. The molecule has 0 amide bonds. The molecule has 0 fully saturated rings. The molecule has 1 unspecified atom stereocenters. The first-order valence-electron chi connectivity index (χ1n) is 5.97. The van der Waals surface area contributed by atoms with Crippen LogP contribution < -0.4 is 5.32 Å². The summed E-state index contributed by atoms with van der Waals surface area (Å²) in [5.41, 5.74) is 1.81. The van der Waals surface area contributed by atoms with Gasteiger partial charge in [0.25, 0.3) is 0 Å². The van der Waals surface area contributed by atoms with Crippen molar-refractivity contribution in [3.8, 4) is 5.69 Å². The van der Waals surface area contributed by atoms with E-state index in [2.05, 4.69) is 20.8 Å². The van der Waals surface area contributed by atoms with Crippen LogP contribution in [0.2, 0.25) is 0 Å². The van der Waals surface area contributed by atoms with Crippen molar-refractivity contribution in [2.24, 2.45) is 0 Å². The molecule has 0 saturated carbocycles. The van der Waals surface area contributed by atoms with Crippen molar-refractivity contribution in [2.45, 2.75) is 25.8 Å². The SMILES string of the molecule is CC(CCC(=O)O)Nc1ccc(-n2cnnn2)cc1. The summed E-state index contributed by atoms with van der Waals surface area (Å²) in [7, 11) is 0. The number of aliphatic carboxylic acids is 1. The molecule has 0 spiro atoms. The van der Waals surface area contributed by atoms with Gasteiger partial charge in [0, 0.05) is 18.2 Å². The molecule has 100 valence electrons. The fourth-order valence-electron chi connectivity index (χ4n) is 1.69. The van der Waals surface area contributed by atoms with Crippen LogP contribution in [0.4, 0.5) is 5.69 Å². The van der Waals surface area contributed by atoms with Crippen LogP contribution in [0.5, 0.6) is 0 Å². The van der Waals surface area contributed by atoms with E-state index in [-0.39, 0.29) is 12.5 Å². The molecule has 0 bridgehead atoms. The molecule has 19 heavy (non-hydrogen) atoms. The Balaban J connectivity index is 1.93. The Morgan fingerprint density at radius 3 is 2.74 bits per heavy atom. The molecule has 2 rings (SSSR count). The Hall–Kier alpha value is -2.44. The number of anilines is 1. The average Bonchev–Trinajstić information content (AvgIpc) is 2.91. The minimum atomic E-state index is -0.775. The van der Waals surface area contributed by atoms with Gasteiger partial charge in [0.2, 0.25) is 0 Å². The van der Waals surface area contributed by atoms with E-state index in [1.165, 1.54) is 6.33 Å². The maximum atomic E-state index is 10.5. The number of carbonyl (C=O) groups is 1. The Kier molecular flexibility index (Phi) is 4.07. The molecule has 0 aliphatic rings. The van der Waals surface area contributed by atoms with Gasteiger partial charge in [-0.1, -0.05) is 0 Å². The van der Waals surface area contributed by atoms with Crippen molar-refractivity contribution in [1.29, 1.82) is 0 Å². The minimum Gasteiger partial charge on any atom is -0.481 e. The molecule has 0 radical (unpaired) electrons. The van der Waals surface area contributed by atoms with Crippen molar-refractivity contribution >= 4 is 11.7 Å². The lowest BCUT2D eigenvalue weighted by Gasteiger charge is -2.14. The normalized spacial score (nSPS) is 12.1. The zero-order valence-corrected chi connectivity index (χ0v) is 10.5. The van der Waals surface area contributed by atoms with Crippen molar-refractivity contribution in [3.63, 3.8) is 0 Å². The van der Waals surface area contributed by atoms with Gasteiger partial charge in [-0.05, 0) is 48.0 Å². The maximum Gasteiger partial charge on any atom is 0.303 e. The molecule has 0 saturated heterocycles. The Morgan fingerprint density at radius 1 is 1.42 bits per heavy atom. The Labute approximate surface area is 110 Å². The number of hydrogen-bond acceptors (Lipinski definition) is 5. The number of aromatic nitrogens is 4. The summed E-state index contributed by atoms with van der Waals surface area (Å²) in [5, 5.41) is 22.8. The van der Waals surface area contributed by atoms with Crippen molar-refractivity contribution in [1.82, 2.24) is 20.2 Å². The van der Waals surface area contributed by atoms with Crippen molar-refractivity contribution in [3.05, 3.63) is 30.6 Å². The first-order valence-corrected chi connectivity index (χ1v) is 5.97. The van der Waals surface area contributed by atoms with Crippen LogP contribution in [0.1, 0.15) is 19.8 Å². The quantitative estimate of drug-likeness (QED) is 0.814. The minimum absolute atomic E-state index is 0.106. The highest BCUT2D eigenvalue weighted by Gasteiger charge is 2.05. The maximum absolute atomic E-state index is 10.5. The highest BCUT2D eigenvalue weighted by molar-refractivity contribution is 5.66. The highest BCUT2D eigenvalue weighted by atomic mass is 16.4. The molecular weight excluding hydrogens is 246 g/mol. The molecule has 2 aromatic rings. The van der Waals surface area contributed by atoms with E-state index in [1.54, 1.807) is 4.68 Å². The fourth-order valence-corrected chi connectivity index (χ4v) is 1.69. The van der Waals surface area contributed by atoms with E-state index >= 15 is 0 Å². The van der Waals surface area contributed by atoms with Gasteiger partial charge in [0.05, 0.1) is 5.69 Å². The number of nitrogens with zero attached hydrogens (tertiary/aromatic N) is 4. The number of rotatable bonds is 6. The largest absolute Gasteiger partial charge is 0.481 e. The van der Waals surface area contributed by atoms with E-state index in [0.29, 0.717) is 6.42 Å². The fraction of sp³-hybridized carbons (Fsp3) is 0.333. The Bertz CT molecular complexity index is 524. The van der Waals surface area contributed by atoms with Gasteiger partial charge in [-0.15, -0.1) is 5.10 Å². The van der Waals surface area contributed by atoms with Crippen LogP contribution in [-0.4, -0.2) is 37.3 Å². The van der Waals surface area contributed by atoms with Crippen LogP contribution in [-0.2, 0) is 4.79 Å². The summed E-state index contributed by atoms with van der Waals surface area (Å²) in [6.45, 7) is 1.96. The zero-order chi connectivity index (χ0) is 13.7. The summed E-state index contributed by atoms with van der Waals surface area (Å²) in [6, 6.07) is 7.71. The summed E-state index contributed by atoms with van der Waals surface area (Å²) in [6.07, 6.45) is 2.28. The lowest BCUT2D eigenvalue weighted by Crippen LogP contribution is -2.16. The van der Waals surface area contributed by atoms with E-state index in [1.807, 2.05) is 31.2 Å². The van der Waals surface area contributed by atoms with Crippen molar-refractivity contribution in [2.75, 3.05) is 5.32 Å². The van der Waals surface area contributed by atoms with Gasteiger partial charge in [-0.2, -0.15) is 0 Å². The smallest absolute Gasteiger partial charge is 0.303 e. The number of carboxylic acids is 1. The first-order chi connectivity index (χ1) is 9.15. The van der Waals surface area contributed by atoms with E-state index in [4.69, 9.17) is 5.11 Å². The molecule has 1 heterocycles. The topological polar surface area (TPSA) is 92.9 Å². The molecular formula is C12H15N5O2. The number of carboxylic acid groups (broad SMARTS) is 1. The zero-order valence-electron chi connectivity index (χ0n) is 10.5.